The van der Waals surface area contributed by atoms with Crippen LogP contribution in [0.2, 0.25) is 0 Å². The van der Waals surface area contributed by atoms with Gasteiger partial charge in [0, 0.05) is 0 Å². The van der Waals surface area contributed by atoms with E-state index < -0.39 is 0 Å². The molecule has 10 heavy (non-hydrogen) atoms. The van der Waals surface area contributed by atoms with Crippen LogP contribution in [0.4, 0.5) is 5.69 Å². The molecule has 0 bridgehead atoms. The van der Waals surface area contributed by atoms with Crippen LogP contribution in [0.25, 0.3) is 0 Å². The number of rotatable bonds is 2. The van der Waals surface area contributed by atoms with E-state index in [0.717, 1.165) is 0 Å². The number of nitrogens with zero attached hydrogens (tertiary/aromatic N) is 1. The first-order valence-corrected chi connectivity index (χ1v) is 4.55. The summed E-state index contributed by atoms with van der Waals surface area (Å²) in [6.07, 6.45) is 0. The topological polar surface area (TPSA) is 3.24 Å². The summed E-state index contributed by atoms with van der Waals surface area (Å²) >= 11 is 1.43. The normalized spacial score (nSPS) is 8.70. The van der Waals surface area contributed by atoms with Gasteiger partial charge in [0.1, 0.15) is 0 Å². The number of hydrogen-bond acceptors (Lipinski definition) is 1. The van der Waals surface area contributed by atoms with Crippen molar-refractivity contribution in [1.29, 1.82) is 0 Å². The number of hydrogen-bond donors (Lipinski definition) is 0. The van der Waals surface area contributed by atoms with Crippen LogP contribution in [0.15, 0.2) is 30.3 Å². The van der Waals surface area contributed by atoms with E-state index in [1.165, 1.54) is 29.7 Å². The van der Waals surface area contributed by atoms with Crippen molar-refractivity contribution in [3.8, 4) is 0 Å². The molecule has 0 atom stereocenters. The molecule has 0 unspecified atom stereocenters. The molecule has 0 amide bonds. The van der Waals surface area contributed by atoms with E-state index in [4.69, 9.17) is 0 Å². The third kappa shape index (κ3) is 1.98. The Kier molecular flexibility index (Phi) is 3.21. The van der Waals surface area contributed by atoms with Crippen LogP contribution in [0, 0.1) is 0 Å². The molecule has 1 aromatic carbocycles. The van der Waals surface area contributed by atoms with Gasteiger partial charge in [-0.3, -0.25) is 0 Å². The number of benzene rings is 1. The predicted molar refractivity (Wildman–Crippen MR) is 40.6 cm³/mol. The van der Waals surface area contributed by atoms with Gasteiger partial charge in [0.25, 0.3) is 0 Å². The maximum absolute atomic E-state index is 2.13. The van der Waals surface area contributed by atoms with Crippen molar-refractivity contribution in [2.24, 2.45) is 0 Å². The molecule has 0 aliphatic rings. The molecule has 0 aromatic heterocycles. The predicted octanol–water partition coefficient (Wildman–Crippen LogP) is 1.20. The molecule has 0 fully saturated rings. The van der Waals surface area contributed by atoms with E-state index in [2.05, 4.69) is 28.5 Å². The van der Waals surface area contributed by atoms with Crippen LogP contribution in [0.3, 0.4) is 0 Å². The van der Waals surface area contributed by atoms with Gasteiger partial charge in [-0.25, -0.2) is 0 Å². The summed E-state index contributed by atoms with van der Waals surface area (Å²) in [4.78, 5) is 2.12. The first kappa shape index (κ1) is 8.07. The Morgan fingerprint density at radius 2 is 1.90 bits per heavy atom. The fourth-order valence-electron chi connectivity index (χ4n) is 0.738. The molecule has 1 nitrogen and oxygen atoms in total. The first-order chi connectivity index (χ1) is 4.84. The average Bonchev–Trinajstić information content (AvgIpc) is 2.05. The minimum absolute atomic E-state index is 1.25. The summed E-state index contributed by atoms with van der Waals surface area (Å²) in [5.41, 5.74) is 1.25. The SMILES string of the molecule is CN([B]=[Zr+2])c1ccccc1. The van der Waals surface area contributed by atoms with Crippen LogP contribution in [-0.2, 0) is 24.0 Å². The van der Waals surface area contributed by atoms with Gasteiger partial charge in [-0.15, -0.1) is 0 Å². The fourth-order valence-corrected chi connectivity index (χ4v) is 1.10. The van der Waals surface area contributed by atoms with E-state index >= 15 is 0 Å². The third-order valence-corrected chi connectivity index (χ3v) is 2.31. The quantitative estimate of drug-likeness (QED) is 0.660. The zero-order chi connectivity index (χ0) is 7.40. The molecule has 0 radical (unpaired) electrons. The fraction of sp³-hybridized carbons (Fsp3) is 0.143. The van der Waals surface area contributed by atoms with E-state index in [9.17, 15) is 0 Å². The minimum atomic E-state index is 1.25. The molecule has 1 rings (SSSR count). The Morgan fingerprint density at radius 3 is 2.40 bits per heavy atom. The van der Waals surface area contributed by atoms with Crippen molar-refractivity contribution in [2.45, 2.75) is 0 Å². The molecule has 0 N–H and O–H groups in total. The second-order valence-electron chi connectivity index (χ2n) is 2.08. The van der Waals surface area contributed by atoms with Gasteiger partial charge >= 0.3 is 76.4 Å². The molecule has 3 heteroatoms. The van der Waals surface area contributed by atoms with Gasteiger partial charge < -0.3 is 0 Å². The van der Waals surface area contributed by atoms with E-state index in [0.29, 0.717) is 0 Å². The summed E-state index contributed by atoms with van der Waals surface area (Å²) < 4.78 is 2.13. The third-order valence-electron chi connectivity index (χ3n) is 1.36. The monoisotopic (exact) mass is 207 g/mol. The Labute approximate surface area is 76.3 Å². The van der Waals surface area contributed by atoms with Crippen LogP contribution in [0.1, 0.15) is 0 Å². The number of anilines is 1. The van der Waals surface area contributed by atoms with Gasteiger partial charge in [0.2, 0.25) is 0 Å². The van der Waals surface area contributed by atoms with Crippen molar-refractivity contribution in [1.82, 2.24) is 0 Å². The Bertz CT molecular complexity index is 212. The van der Waals surface area contributed by atoms with Crippen LogP contribution in [-0.4, -0.2) is 11.6 Å². The van der Waals surface area contributed by atoms with Gasteiger partial charge in [0.05, 0.1) is 0 Å². The summed E-state index contributed by atoms with van der Waals surface area (Å²) in [5, 5.41) is 0. The summed E-state index contributed by atoms with van der Waals surface area (Å²) in [5.74, 6) is 0. The molecule has 0 spiro atoms. The molecule has 0 heterocycles. The van der Waals surface area contributed by atoms with Gasteiger partial charge in [-0.1, -0.05) is 0 Å². The zero-order valence-corrected chi connectivity index (χ0v) is 8.37. The van der Waals surface area contributed by atoms with E-state index in [-0.39, 0.29) is 0 Å². The molecular weight excluding hydrogens is 200 g/mol. The molecule has 1 aromatic rings. The Balaban J connectivity index is 2.84. The standard InChI is InChI=1S/C7H8BN.Zr/c1-9(8)7-5-3-2-4-6-7;/h2-6H,1H3;/q;+2. The van der Waals surface area contributed by atoms with Crippen molar-refractivity contribution in [3.05, 3.63) is 30.3 Å². The van der Waals surface area contributed by atoms with Gasteiger partial charge in [-0.2, -0.15) is 0 Å². The number of para-hydroxylation sites is 1. The Hall–Kier alpha value is -0.0319. The average molecular weight is 208 g/mol. The molecule has 0 aliphatic heterocycles. The second-order valence-corrected chi connectivity index (χ2v) is 2.71. The van der Waals surface area contributed by atoms with Crippen LogP contribution in [0.5, 0.6) is 0 Å². The molecule has 46 valence electrons. The summed E-state index contributed by atoms with van der Waals surface area (Å²) in [7, 11) is 2.06. The van der Waals surface area contributed by atoms with Crippen LogP contribution < -0.4 is 4.81 Å². The van der Waals surface area contributed by atoms with Crippen molar-refractivity contribution < 1.29 is 24.0 Å². The van der Waals surface area contributed by atoms with E-state index in [1.807, 2.05) is 18.2 Å². The van der Waals surface area contributed by atoms with Gasteiger partial charge in [0.15, 0.2) is 0 Å². The molecular formula is C7H8BNZr+2. The van der Waals surface area contributed by atoms with Crippen molar-refractivity contribution in [2.75, 3.05) is 11.9 Å². The van der Waals surface area contributed by atoms with Crippen LogP contribution >= 0.6 is 0 Å². The zero-order valence-electron chi connectivity index (χ0n) is 5.91. The molecule has 0 saturated carbocycles. The first-order valence-electron chi connectivity index (χ1n) is 3.13. The second kappa shape index (κ2) is 3.98. The van der Waals surface area contributed by atoms with Crippen molar-refractivity contribution in [3.63, 3.8) is 0 Å². The van der Waals surface area contributed by atoms with Crippen molar-refractivity contribution >= 4 is 10.2 Å². The van der Waals surface area contributed by atoms with Gasteiger partial charge in [-0.05, 0) is 0 Å². The molecule has 0 aliphatic carbocycles. The Morgan fingerprint density at radius 1 is 1.30 bits per heavy atom. The summed E-state index contributed by atoms with van der Waals surface area (Å²) in [6, 6.07) is 10.3. The molecule has 0 saturated heterocycles. The summed E-state index contributed by atoms with van der Waals surface area (Å²) in [6.45, 7) is 0. The van der Waals surface area contributed by atoms with E-state index in [1.54, 1.807) is 0 Å². The maximum atomic E-state index is 2.13.